The minimum absolute atomic E-state index is 0.0127. The lowest BCUT2D eigenvalue weighted by atomic mass is 9.94. The second-order valence-electron chi connectivity index (χ2n) is 5.29. The lowest BCUT2D eigenvalue weighted by Gasteiger charge is -2.16. The molecule has 0 aliphatic heterocycles. The van der Waals surface area contributed by atoms with E-state index in [2.05, 4.69) is 29.4 Å². The number of hydrogen-bond acceptors (Lipinski definition) is 3. The molecule has 0 spiro atoms. The number of H-pyrrole nitrogens is 1. The van der Waals surface area contributed by atoms with Crippen molar-refractivity contribution in [1.82, 2.24) is 10.2 Å². The summed E-state index contributed by atoms with van der Waals surface area (Å²) in [5, 5.41) is 9.81. The van der Waals surface area contributed by atoms with Crippen LogP contribution in [0.15, 0.2) is 0 Å². The van der Waals surface area contributed by atoms with Crippen LogP contribution in [-0.2, 0) is 4.79 Å². The van der Waals surface area contributed by atoms with E-state index >= 15 is 0 Å². The Morgan fingerprint density at radius 2 is 2.11 bits per heavy atom. The zero-order valence-electron chi connectivity index (χ0n) is 11.7. The molecule has 0 saturated heterocycles. The molecular formula is C13H24N4O. The summed E-state index contributed by atoms with van der Waals surface area (Å²) in [5.74, 6) is 0.819. The summed E-state index contributed by atoms with van der Waals surface area (Å²) in [4.78, 5) is 12.0. The van der Waals surface area contributed by atoms with Crippen LogP contribution in [0, 0.1) is 25.7 Å². The first kappa shape index (κ1) is 14.7. The van der Waals surface area contributed by atoms with Gasteiger partial charge in [-0.25, -0.2) is 0 Å². The number of anilines is 1. The second kappa shape index (κ2) is 6.54. The fourth-order valence-corrected chi connectivity index (χ4v) is 2.12. The van der Waals surface area contributed by atoms with Crippen LogP contribution in [0.4, 0.5) is 5.69 Å². The molecule has 1 heterocycles. The number of nitrogens with zero attached hydrogens (tertiary/aromatic N) is 1. The summed E-state index contributed by atoms with van der Waals surface area (Å²) < 4.78 is 0. The SMILES string of the molecule is Cc1n[nH]c(C)c1NC(=O)C[C@@H](CN)CC(C)C. The molecule has 0 radical (unpaired) electrons. The summed E-state index contributed by atoms with van der Waals surface area (Å²) in [6.45, 7) is 8.60. The molecule has 0 bridgehead atoms. The van der Waals surface area contributed by atoms with E-state index in [9.17, 15) is 4.79 Å². The van der Waals surface area contributed by atoms with Gasteiger partial charge in [-0.15, -0.1) is 0 Å². The normalized spacial score (nSPS) is 12.8. The van der Waals surface area contributed by atoms with Crippen molar-refractivity contribution in [2.45, 2.75) is 40.5 Å². The molecule has 102 valence electrons. The maximum atomic E-state index is 12.0. The highest BCUT2D eigenvalue weighted by Crippen LogP contribution is 2.19. The van der Waals surface area contributed by atoms with Gasteiger partial charge >= 0.3 is 0 Å². The van der Waals surface area contributed by atoms with Gasteiger partial charge < -0.3 is 11.1 Å². The van der Waals surface area contributed by atoms with E-state index in [4.69, 9.17) is 5.73 Å². The van der Waals surface area contributed by atoms with Crippen LogP contribution >= 0.6 is 0 Å². The quantitative estimate of drug-likeness (QED) is 0.723. The Kier molecular flexibility index (Phi) is 5.34. The molecular weight excluding hydrogens is 228 g/mol. The smallest absolute Gasteiger partial charge is 0.224 e. The fraction of sp³-hybridized carbons (Fsp3) is 0.692. The number of hydrogen-bond donors (Lipinski definition) is 3. The van der Waals surface area contributed by atoms with E-state index in [-0.39, 0.29) is 11.8 Å². The van der Waals surface area contributed by atoms with Gasteiger partial charge in [-0.3, -0.25) is 9.89 Å². The molecule has 0 saturated carbocycles. The summed E-state index contributed by atoms with van der Waals surface area (Å²) >= 11 is 0. The molecule has 0 fully saturated rings. The monoisotopic (exact) mass is 252 g/mol. The number of nitrogens with one attached hydrogen (secondary N) is 2. The van der Waals surface area contributed by atoms with Crippen molar-refractivity contribution in [2.75, 3.05) is 11.9 Å². The van der Waals surface area contributed by atoms with Gasteiger partial charge in [-0.05, 0) is 38.6 Å². The average molecular weight is 252 g/mol. The minimum Gasteiger partial charge on any atom is -0.330 e. The molecule has 0 aromatic carbocycles. The fourth-order valence-electron chi connectivity index (χ4n) is 2.12. The van der Waals surface area contributed by atoms with E-state index in [1.54, 1.807) is 0 Å². The van der Waals surface area contributed by atoms with Gasteiger partial charge in [0.1, 0.15) is 0 Å². The van der Waals surface area contributed by atoms with Crippen molar-refractivity contribution in [3.63, 3.8) is 0 Å². The number of aromatic nitrogens is 2. The minimum atomic E-state index is 0.0127. The highest BCUT2D eigenvalue weighted by Gasteiger charge is 2.16. The molecule has 1 rings (SSSR count). The van der Waals surface area contributed by atoms with Crippen molar-refractivity contribution in [3.8, 4) is 0 Å². The van der Waals surface area contributed by atoms with Crippen LogP contribution in [0.2, 0.25) is 0 Å². The Morgan fingerprint density at radius 3 is 2.56 bits per heavy atom. The van der Waals surface area contributed by atoms with Crippen molar-refractivity contribution >= 4 is 11.6 Å². The number of carbonyl (C=O) groups excluding carboxylic acids is 1. The highest BCUT2D eigenvalue weighted by molar-refractivity contribution is 5.92. The van der Waals surface area contributed by atoms with Crippen LogP contribution in [0.1, 0.15) is 38.1 Å². The first-order valence-electron chi connectivity index (χ1n) is 6.45. The average Bonchev–Trinajstić information content (AvgIpc) is 2.59. The van der Waals surface area contributed by atoms with E-state index in [0.29, 0.717) is 18.9 Å². The zero-order chi connectivity index (χ0) is 13.7. The molecule has 0 aliphatic rings. The molecule has 1 aromatic rings. The Balaban J connectivity index is 2.55. The Bertz CT molecular complexity index is 378. The second-order valence-corrected chi connectivity index (χ2v) is 5.29. The number of nitrogens with two attached hydrogens (primary N) is 1. The number of aryl methyl sites for hydroxylation is 2. The number of carbonyl (C=O) groups is 1. The molecule has 18 heavy (non-hydrogen) atoms. The largest absolute Gasteiger partial charge is 0.330 e. The van der Waals surface area contributed by atoms with Gasteiger partial charge in [-0.1, -0.05) is 13.8 Å². The summed E-state index contributed by atoms with van der Waals surface area (Å²) in [6.07, 6.45) is 1.45. The Hall–Kier alpha value is -1.36. The maximum Gasteiger partial charge on any atom is 0.224 e. The van der Waals surface area contributed by atoms with Crippen LogP contribution in [0.25, 0.3) is 0 Å². The first-order valence-corrected chi connectivity index (χ1v) is 6.45. The number of aromatic amines is 1. The third-order valence-electron chi connectivity index (χ3n) is 3.00. The van der Waals surface area contributed by atoms with Crippen LogP contribution in [-0.4, -0.2) is 22.6 Å². The summed E-state index contributed by atoms with van der Waals surface area (Å²) in [7, 11) is 0. The molecule has 5 heteroatoms. The van der Waals surface area contributed by atoms with Crippen LogP contribution in [0.5, 0.6) is 0 Å². The van der Waals surface area contributed by atoms with Gasteiger partial charge in [0.25, 0.3) is 0 Å². The van der Waals surface area contributed by atoms with Crippen LogP contribution < -0.4 is 11.1 Å². The predicted molar refractivity (Wildman–Crippen MR) is 73.3 cm³/mol. The third-order valence-corrected chi connectivity index (χ3v) is 3.00. The molecule has 1 amide bonds. The molecule has 0 aliphatic carbocycles. The van der Waals surface area contributed by atoms with Gasteiger partial charge in [0.05, 0.1) is 17.1 Å². The van der Waals surface area contributed by atoms with E-state index in [1.807, 2.05) is 13.8 Å². The third kappa shape index (κ3) is 4.14. The number of rotatable bonds is 6. The summed E-state index contributed by atoms with van der Waals surface area (Å²) in [5.41, 5.74) is 8.19. The maximum absolute atomic E-state index is 12.0. The van der Waals surface area contributed by atoms with Gasteiger partial charge in [0.15, 0.2) is 0 Å². The van der Waals surface area contributed by atoms with Crippen molar-refractivity contribution < 1.29 is 4.79 Å². The van der Waals surface area contributed by atoms with E-state index in [0.717, 1.165) is 23.5 Å². The van der Waals surface area contributed by atoms with Gasteiger partial charge in [-0.2, -0.15) is 5.10 Å². The van der Waals surface area contributed by atoms with E-state index < -0.39 is 0 Å². The topological polar surface area (TPSA) is 83.8 Å². The highest BCUT2D eigenvalue weighted by atomic mass is 16.1. The molecule has 1 atom stereocenters. The molecule has 4 N–H and O–H groups in total. The molecule has 5 nitrogen and oxygen atoms in total. The van der Waals surface area contributed by atoms with Gasteiger partial charge in [0, 0.05) is 6.42 Å². The Morgan fingerprint density at radius 1 is 1.44 bits per heavy atom. The predicted octanol–water partition coefficient (Wildman–Crippen LogP) is 1.98. The lowest BCUT2D eigenvalue weighted by molar-refractivity contribution is -0.117. The summed E-state index contributed by atoms with van der Waals surface area (Å²) in [6, 6.07) is 0. The molecule has 1 aromatic heterocycles. The zero-order valence-corrected chi connectivity index (χ0v) is 11.7. The standard InChI is InChI=1S/C13H24N4O/c1-8(2)5-11(7-14)6-12(18)15-13-9(3)16-17-10(13)4/h8,11H,5-7,14H2,1-4H3,(H,15,18)(H,16,17)/t11-/m0/s1. The van der Waals surface area contributed by atoms with E-state index in [1.165, 1.54) is 0 Å². The molecule has 0 unspecified atom stereocenters. The Labute approximate surface area is 109 Å². The number of amides is 1. The van der Waals surface area contributed by atoms with Crippen molar-refractivity contribution in [3.05, 3.63) is 11.4 Å². The van der Waals surface area contributed by atoms with Crippen molar-refractivity contribution in [2.24, 2.45) is 17.6 Å². The first-order chi connectivity index (χ1) is 8.43. The lowest BCUT2D eigenvalue weighted by Crippen LogP contribution is -2.23. The van der Waals surface area contributed by atoms with Crippen molar-refractivity contribution in [1.29, 1.82) is 0 Å². The van der Waals surface area contributed by atoms with Crippen LogP contribution in [0.3, 0.4) is 0 Å². The van der Waals surface area contributed by atoms with Gasteiger partial charge in [0.2, 0.25) is 5.91 Å².